The Hall–Kier alpha value is -0.530. The van der Waals surface area contributed by atoms with E-state index < -0.39 is 0 Å². The second-order valence-corrected chi connectivity index (χ2v) is 8.47. The SMILES string of the molecule is CCCCCCCCCCC(CCCCCCCC)COC(=O)C(C)C. The average Bonchev–Trinajstić information content (AvgIpc) is 2.63. The molecule has 1 unspecified atom stereocenters. The van der Waals surface area contributed by atoms with Gasteiger partial charge in [0.2, 0.25) is 0 Å². The topological polar surface area (TPSA) is 26.3 Å². The molecule has 2 heteroatoms. The van der Waals surface area contributed by atoms with Gasteiger partial charge in [-0.05, 0) is 18.8 Å². The second-order valence-electron chi connectivity index (χ2n) is 8.47. The molecule has 0 aromatic carbocycles. The molecule has 0 aliphatic carbocycles. The quantitative estimate of drug-likeness (QED) is 0.170. The molecule has 0 bridgehead atoms. The van der Waals surface area contributed by atoms with Crippen LogP contribution in [0.4, 0.5) is 0 Å². The van der Waals surface area contributed by atoms with Gasteiger partial charge in [0.25, 0.3) is 0 Å². The third-order valence-corrected chi connectivity index (χ3v) is 5.36. The third-order valence-electron chi connectivity index (χ3n) is 5.36. The van der Waals surface area contributed by atoms with E-state index >= 15 is 0 Å². The van der Waals surface area contributed by atoms with Gasteiger partial charge in [0.05, 0.1) is 12.5 Å². The maximum absolute atomic E-state index is 11.8. The van der Waals surface area contributed by atoms with Gasteiger partial charge in [0, 0.05) is 0 Å². The van der Waals surface area contributed by atoms with E-state index in [-0.39, 0.29) is 11.9 Å². The van der Waals surface area contributed by atoms with Gasteiger partial charge in [-0.3, -0.25) is 4.79 Å². The largest absolute Gasteiger partial charge is 0.465 e. The van der Waals surface area contributed by atoms with Gasteiger partial charge in [-0.1, -0.05) is 118 Å². The van der Waals surface area contributed by atoms with Crippen LogP contribution in [-0.4, -0.2) is 12.6 Å². The van der Waals surface area contributed by atoms with Crippen molar-refractivity contribution in [1.29, 1.82) is 0 Å². The zero-order chi connectivity index (χ0) is 19.5. The highest BCUT2D eigenvalue weighted by Gasteiger charge is 2.14. The molecule has 0 rings (SSSR count). The van der Waals surface area contributed by atoms with Crippen LogP contribution in [-0.2, 0) is 9.53 Å². The molecule has 0 N–H and O–H groups in total. The molecular weight excluding hydrogens is 320 g/mol. The van der Waals surface area contributed by atoms with Crippen molar-refractivity contribution < 1.29 is 9.53 Å². The standard InChI is InChI=1S/C24H48O2/c1-5-7-9-11-13-14-16-18-20-23(21-26-24(25)22(3)4)19-17-15-12-10-8-6-2/h22-23H,5-21H2,1-4H3. The third kappa shape index (κ3) is 16.9. The van der Waals surface area contributed by atoms with E-state index in [2.05, 4.69) is 13.8 Å². The van der Waals surface area contributed by atoms with Crippen molar-refractivity contribution in [3.63, 3.8) is 0 Å². The van der Waals surface area contributed by atoms with Gasteiger partial charge in [-0.15, -0.1) is 0 Å². The Balaban J connectivity index is 3.90. The predicted molar refractivity (Wildman–Crippen MR) is 115 cm³/mol. The van der Waals surface area contributed by atoms with E-state index in [1.807, 2.05) is 13.8 Å². The highest BCUT2D eigenvalue weighted by Crippen LogP contribution is 2.20. The van der Waals surface area contributed by atoms with Crippen LogP contribution < -0.4 is 0 Å². The first-order valence-corrected chi connectivity index (χ1v) is 11.8. The molecule has 0 saturated carbocycles. The van der Waals surface area contributed by atoms with Crippen LogP contribution >= 0.6 is 0 Å². The second kappa shape index (κ2) is 19.2. The van der Waals surface area contributed by atoms with Gasteiger partial charge in [-0.25, -0.2) is 0 Å². The summed E-state index contributed by atoms with van der Waals surface area (Å²) in [6.45, 7) is 9.02. The highest BCUT2D eigenvalue weighted by atomic mass is 16.5. The van der Waals surface area contributed by atoms with Gasteiger partial charge >= 0.3 is 5.97 Å². The van der Waals surface area contributed by atoms with Gasteiger partial charge in [0.1, 0.15) is 0 Å². The molecule has 156 valence electrons. The Bertz CT molecular complexity index is 299. The van der Waals surface area contributed by atoms with Crippen molar-refractivity contribution in [2.45, 2.75) is 130 Å². The van der Waals surface area contributed by atoms with Gasteiger partial charge in [0.15, 0.2) is 0 Å². The maximum Gasteiger partial charge on any atom is 0.308 e. The Morgan fingerprint density at radius 2 is 1.04 bits per heavy atom. The molecule has 0 aliphatic heterocycles. The number of hydrogen-bond donors (Lipinski definition) is 0. The molecule has 0 amide bonds. The van der Waals surface area contributed by atoms with Crippen LogP contribution in [0.15, 0.2) is 0 Å². The zero-order valence-electron chi connectivity index (χ0n) is 18.5. The summed E-state index contributed by atoms with van der Waals surface area (Å²) >= 11 is 0. The fraction of sp³-hybridized carbons (Fsp3) is 0.958. The summed E-state index contributed by atoms with van der Waals surface area (Å²) in [4.78, 5) is 11.8. The average molecular weight is 369 g/mol. The number of carbonyl (C=O) groups excluding carboxylic acids is 1. The molecule has 0 aromatic heterocycles. The van der Waals surface area contributed by atoms with Crippen molar-refractivity contribution in [3.05, 3.63) is 0 Å². The smallest absolute Gasteiger partial charge is 0.308 e. The van der Waals surface area contributed by atoms with Crippen LogP contribution in [0.5, 0.6) is 0 Å². The molecule has 26 heavy (non-hydrogen) atoms. The number of carbonyl (C=O) groups is 1. The fourth-order valence-corrected chi connectivity index (χ4v) is 3.46. The highest BCUT2D eigenvalue weighted by molar-refractivity contribution is 5.71. The minimum Gasteiger partial charge on any atom is -0.465 e. The van der Waals surface area contributed by atoms with E-state index in [4.69, 9.17) is 4.74 Å². The number of unbranched alkanes of at least 4 members (excludes halogenated alkanes) is 12. The first kappa shape index (κ1) is 25.5. The van der Waals surface area contributed by atoms with E-state index in [0.29, 0.717) is 12.5 Å². The number of ether oxygens (including phenoxy) is 1. The van der Waals surface area contributed by atoms with Crippen molar-refractivity contribution in [1.82, 2.24) is 0 Å². The lowest BCUT2D eigenvalue weighted by Crippen LogP contribution is -2.18. The number of esters is 1. The summed E-state index contributed by atoms with van der Waals surface area (Å²) in [7, 11) is 0. The molecule has 0 radical (unpaired) electrons. The maximum atomic E-state index is 11.8. The molecule has 2 nitrogen and oxygen atoms in total. The summed E-state index contributed by atoms with van der Waals surface area (Å²) < 4.78 is 5.54. The van der Waals surface area contributed by atoms with Gasteiger partial charge < -0.3 is 4.74 Å². The Kier molecular flexibility index (Phi) is 18.8. The molecule has 0 saturated heterocycles. The molecule has 1 atom stereocenters. The minimum absolute atomic E-state index is 0.00665. The molecular formula is C24H48O2. The summed E-state index contributed by atoms with van der Waals surface area (Å²) in [6.07, 6.45) is 21.5. The normalized spacial score (nSPS) is 12.5. The molecule has 0 aliphatic rings. The molecule has 0 heterocycles. The lowest BCUT2D eigenvalue weighted by atomic mass is 9.94. The van der Waals surface area contributed by atoms with Crippen molar-refractivity contribution in [2.75, 3.05) is 6.61 Å². The summed E-state index contributed by atoms with van der Waals surface area (Å²) in [5, 5.41) is 0. The Morgan fingerprint density at radius 3 is 1.42 bits per heavy atom. The van der Waals surface area contributed by atoms with Crippen LogP contribution in [0.2, 0.25) is 0 Å². The number of rotatable bonds is 19. The first-order chi connectivity index (χ1) is 12.6. The minimum atomic E-state index is -0.0335. The van der Waals surface area contributed by atoms with Crippen molar-refractivity contribution in [2.24, 2.45) is 11.8 Å². The zero-order valence-corrected chi connectivity index (χ0v) is 18.5. The first-order valence-electron chi connectivity index (χ1n) is 11.8. The van der Waals surface area contributed by atoms with E-state index in [9.17, 15) is 4.79 Å². The summed E-state index contributed by atoms with van der Waals surface area (Å²) in [5.41, 5.74) is 0. The monoisotopic (exact) mass is 368 g/mol. The van der Waals surface area contributed by atoms with Gasteiger partial charge in [-0.2, -0.15) is 0 Å². The van der Waals surface area contributed by atoms with Crippen LogP contribution in [0, 0.1) is 11.8 Å². The predicted octanol–water partition coefficient (Wildman–Crippen LogP) is 8.08. The van der Waals surface area contributed by atoms with Crippen molar-refractivity contribution >= 4 is 5.97 Å². The molecule has 0 aromatic rings. The van der Waals surface area contributed by atoms with E-state index in [0.717, 1.165) is 0 Å². The summed E-state index contributed by atoms with van der Waals surface area (Å²) in [6, 6.07) is 0. The Morgan fingerprint density at radius 1 is 0.654 bits per heavy atom. The Labute approximate surface area is 164 Å². The summed E-state index contributed by atoms with van der Waals surface area (Å²) in [5.74, 6) is 0.533. The van der Waals surface area contributed by atoms with E-state index in [1.165, 1.54) is 103 Å². The molecule has 0 fully saturated rings. The fourth-order valence-electron chi connectivity index (χ4n) is 3.46. The lowest BCUT2D eigenvalue weighted by Gasteiger charge is -2.18. The van der Waals surface area contributed by atoms with Crippen LogP contribution in [0.25, 0.3) is 0 Å². The van der Waals surface area contributed by atoms with Crippen LogP contribution in [0.1, 0.15) is 130 Å². The van der Waals surface area contributed by atoms with Crippen molar-refractivity contribution in [3.8, 4) is 0 Å². The lowest BCUT2D eigenvalue weighted by molar-refractivity contribution is -0.148. The number of hydrogen-bond acceptors (Lipinski definition) is 2. The van der Waals surface area contributed by atoms with Crippen LogP contribution in [0.3, 0.4) is 0 Å². The van der Waals surface area contributed by atoms with E-state index in [1.54, 1.807) is 0 Å². The molecule has 0 spiro atoms.